The van der Waals surface area contributed by atoms with Crippen LogP contribution in [0.4, 0.5) is 13.2 Å². The van der Waals surface area contributed by atoms with E-state index in [-0.39, 0.29) is 18.0 Å². The summed E-state index contributed by atoms with van der Waals surface area (Å²) in [7, 11) is 0. The maximum absolute atomic E-state index is 12.6. The van der Waals surface area contributed by atoms with Gasteiger partial charge in [0.05, 0.1) is 11.0 Å². The monoisotopic (exact) mass is 256 g/mol. The summed E-state index contributed by atoms with van der Waals surface area (Å²) in [6.07, 6.45) is -5.05. The van der Waals surface area contributed by atoms with Gasteiger partial charge in [-0.25, -0.2) is 0 Å². The lowest BCUT2D eigenvalue weighted by molar-refractivity contribution is -0.137. The van der Waals surface area contributed by atoms with E-state index in [1.54, 1.807) is 13.8 Å². The second kappa shape index (κ2) is 3.15. The van der Waals surface area contributed by atoms with Crippen LogP contribution >= 0.6 is 0 Å². The molecule has 3 rings (SSSR count). The summed E-state index contributed by atoms with van der Waals surface area (Å²) >= 11 is 0. The molecule has 96 valence electrons. The van der Waals surface area contributed by atoms with Gasteiger partial charge in [0.1, 0.15) is 12.2 Å². The Morgan fingerprint density at radius 1 is 1.28 bits per heavy atom. The molecule has 2 nitrogen and oxygen atoms in total. The van der Waals surface area contributed by atoms with Crippen molar-refractivity contribution in [3.63, 3.8) is 0 Å². The molecule has 1 heterocycles. The van der Waals surface area contributed by atoms with Crippen molar-refractivity contribution >= 4 is 5.78 Å². The average Bonchev–Trinajstić information content (AvgIpc) is 3.05. The third-order valence-corrected chi connectivity index (χ3v) is 3.72. The predicted molar refractivity (Wildman–Crippen MR) is 57.2 cm³/mol. The normalized spacial score (nSPS) is 28.6. The van der Waals surface area contributed by atoms with Crippen molar-refractivity contribution in [2.24, 2.45) is 5.41 Å². The number of ketones is 1. The average molecular weight is 256 g/mol. The summed E-state index contributed by atoms with van der Waals surface area (Å²) in [6, 6.07) is 3.25. The number of Topliss-reactive ketones (excluding diaryl/α,β-unsaturated/α-hetero) is 1. The van der Waals surface area contributed by atoms with Gasteiger partial charge in [0.25, 0.3) is 0 Å². The summed E-state index contributed by atoms with van der Waals surface area (Å²) in [5.74, 6) is -0.148. The van der Waals surface area contributed by atoms with Crippen molar-refractivity contribution in [1.29, 1.82) is 0 Å². The van der Waals surface area contributed by atoms with Crippen LogP contribution in [-0.2, 0) is 10.9 Å². The second-order valence-corrected chi connectivity index (χ2v) is 5.33. The molecule has 0 aromatic heterocycles. The third-order valence-electron chi connectivity index (χ3n) is 3.72. The number of rotatable bonds is 0. The van der Waals surface area contributed by atoms with Gasteiger partial charge < -0.3 is 4.74 Å². The first-order valence-electron chi connectivity index (χ1n) is 5.64. The maximum atomic E-state index is 12.6. The van der Waals surface area contributed by atoms with Gasteiger partial charge in [-0.15, -0.1) is 0 Å². The minimum Gasteiger partial charge on any atom is -0.363 e. The zero-order valence-corrected chi connectivity index (χ0v) is 9.84. The second-order valence-electron chi connectivity index (χ2n) is 5.33. The van der Waals surface area contributed by atoms with E-state index in [9.17, 15) is 18.0 Å². The zero-order valence-electron chi connectivity index (χ0n) is 9.84. The standard InChI is InChI=1S/C13H11F3O2/c1-12(2)10(17)7-4-3-6(13(14,15)16)5-8(7)9-11(12)18-9/h3-5,9,11H,1-2H3. The highest BCUT2D eigenvalue weighted by Crippen LogP contribution is 2.55. The lowest BCUT2D eigenvalue weighted by Crippen LogP contribution is -2.34. The van der Waals surface area contributed by atoms with Crippen molar-refractivity contribution < 1.29 is 22.7 Å². The van der Waals surface area contributed by atoms with Gasteiger partial charge in [-0.05, 0) is 31.5 Å². The molecule has 1 aliphatic carbocycles. The molecule has 18 heavy (non-hydrogen) atoms. The number of fused-ring (bicyclic) bond motifs is 3. The van der Waals surface area contributed by atoms with Gasteiger partial charge >= 0.3 is 6.18 Å². The fraction of sp³-hybridized carbons (Fsp3) is 0.462. The van der Waals surface area contributed by atoms with E-state index >= 15 is 0 Å². The number of hydrogen-bond acceptors (Lipinski definition) is 2. The highest BCUT2D eigenvalue weighted by molar-refractivity contribution is 6.03. The molecule has 1 saturated heterocycles. The van der Waals surface area contributed by atoms with Crippen LogP contribution in [0.3, 0.4) is 0 Å². The van der Waals surface area contributed by atoms with Crippen LogP contribution in [0.1, 0.15) is 41.4 Å². The molecule has 5 heteroatoms. The molecule has 1 aliphatic heterocycles. The molecule has 0 radical (unpaired) electrons. The van der Waals surface area contributed by atoms with E-state index in [1.165, 1.54) is 6.07 Å². The molecular weight excluding hydrogens is 245 g/mol. The summed E-state index contributed by atoms with van der Waals surface area (Å²) in [5.41, 5.74) is -0.661. The van der Waals surface area contributed by atoms with E-state index in [4.69, 9.17) is 4.74 Å². The van der Waals surface area contributed by atoms with E-state index in [1.807, 2.05) is 0 Å². The Kier molecular flexibility index (Phi) is 2.05. The van der Waals surface area contributed by atoms with Crippen LogP contribution in [0.5, 0.6) is 0 Å². The van der Waals surface area contributed by atoms with Crippen molar-refractivity contribution in [2.75, 3.05) is 0 Å². The zero-order chi connectivity index (χ0) is 13.3. The first kappa shape index (κ1) is 11.7. The fourth-order valence-electron chi connectivity index (χ4n) is 2.56. The Hall–Kier alpha value is -1.36. The van der Waals surface area contributed by atoms with Crippen LogP contribution in [0.25, 0.3) is 0 Å². The van der Waals surface area contributed by atoms with E-state index in [2.05, 4.69) is 0 Å². The van der Waals surface area contributed by atoms with Gasteiger partial charge in [-0.1, -0.05) is 6.07 Å². The maximum Gasteiger partial charge on any atom is 0.416 e. The first-order chi connectivity index (χ1) is 8.23. The van der Waals surface area contributed by atoms with E-state index in [0.717, 1.165) is 12.1 Å². The lowest BCUT2D eigenvalue weighted by atomic mass is 9.73. The van der Waals surface area contributed by atoms with Gasteiger partial charge in [-0.2, -0.15) is 13.2 Å². The van der Waals surface area contributed by atoms with Crippen LogP contribution in [-0.4, -0.2) is 11.9 Å². The van der Waals surface area contributed by atoms with Gasteiger partial charge in [0.2, 0.25) is 0 Å². The molecule has 1 aromatic rings. The summed E-state index contributed by atoms with van der Waals surface area (Å²) < 4.78 is 43.2. The number of carbonyl (C=O) groups is 1. The number of benzene rings is 1. The molecule has 2 atom stereocenters. The third kappa shape index (κ3) is 1.43. The first-order valence-corrected chi connectivity index (χ1v) is 5.64. The summed E-state index contributed by atoms with van der Waals surface area (Å²) in [4.78, 5) is 12.2. The number of ether oxygens (including phenoxy) is 1. The summed E-state index contributed by atoms with van der Waals surface area (Å²) in [5, 5.41) is 0. The van der Waals surface area contributed by atoms with Crippen LogP contribution in [0.2, 0.25) is 0 Å². The number of carbonyl (C=O) groups excluding carboxylic acids is 1. The molecule has 1 fully saturated rings. The number of epoxide rings is 1. The highest BCUT2D eigenvalue weighted by Gasteiger charge is 2.59. The van der Waals surface area contributed by atoms with Crippen LogP contribution in [0, 0.1) is 5.41 Å². The van der Waals surface area contributed by atoms with Gasteiger partial charge in [-0.3, -0.25) is 4.79 Å². The highest BCUT2D eigenvalue weighted by atomic mass is 19.4. The Bertz CT molecular complexity index is 546. The van der Waals surface area contributed by atoms with Gasteiger partial charge in [0, 0.05) is 5.56 Å². The molecular formula is C13H11F3O2. The number of hydrogen-bond donors (Lipinski definition) is 0. The van der Waals surface area contributed by atoms with Crippen molar-refractivity contribution in [2.45, 2.75) is 32.2 Å². The molecule has 0 bridgehead atoms. The molecule has 0 N–H and O–H groups in total. The largest absolute Gasteiger partial charge is 0.416 e. The van der Waals surface area contributed by atoms with Crippen molar-refractivity contribution in [1.82, 2.24) is 0 Å². The van der Waals surface area contributed by atoms with Gasteiger partial charge in [0.15, 0.2) is 5.78 Å². The number of alkyl halides is 3. The Morgan fingerprint density at radius 2 is 1.94 bits per heavy atom. The van der Waals surface area contributed by atoms with Crippen LogP contribution < -0.4 is 0 Å². The lowest BCUT2D eigenvalue weighted by Gasteiger charge is -2.26. The summed E-state index contributed by atoms with van der Waals surface area (Å²) in [6.45, 7) is 3.53. The molecule has 1 aromatic carbocycles. The van der Waals surface area contributed by atoms with Crippen molar-refractivity contribution in [3.8, 4) is 0 Å². The topological polar surface area (TPSA) is 29.6 Å². The fourth-order valence-corrected chi connectivity index (χ4v) is 2.56. The Morgan fingerprint density at radius 3 is 2.56 bits per heavy atom. The predicted octanol–water partition coefficient (Wildman–Crippen LogP) is 3.37. The SMILES string of the molecule is CC1(C)C(=O)c2ccc(C(F)(F)F)cc2C2OC21. The molecule has 0 amide bonds. The number of halogens is 3. The van der Waals surface area contributed by atoms with Crippen LogP contribution in [0.15, 0.2) is 18.2 Å². The smallest absolute Gasteiger partial charge is 0.363 e. The van der Waals surface area contributed by atoms with E-state index < -0.39 is 17.2 Å². The quantitative estimate of drug-likeness (QED) is 0.666. The minimum absolute atomic E-state index is 0.148. The Labute approximate surface area is 102 Å². The minimum atomic E-state index is -4.39. The van der Waals surface area contributed by atoms with E-state index in [0.29, 0.717) is 11.1 Å². The molecule has 2 unspecified atom stereocenters. The Balaban J connectivity index is 2.13. The molecule has 0 spiro atoms. The van der Waals surface area contributed by atoms with Crippen molar-refractivity contribution in [3.05, 3.63) is 34.9 Å². The molecule has 2 aliphatic rings. The molecule has 0 saturated carbocycles.